The molecule has 6 heteroatoms. The monoisotopic (exact) mass is 347 g/mol. The number of likely N-dealkylation sites (N-methyl/N-ethyl adjacent to an activating group) is 1. The molecule has 0 aromatic heterocycles. The molecule has 1 aliphatic heterocycles. The van der Waals surface area contributed by atoms with Gasteiger partial charge >= 0.3 is 0 Å². The largest absolute Gasteiger partial charge is 0.484 e. The third kappa shape index (κ3) is 6.05. The fraction of sp³-hybridized carbons (Fsp3) is 0.579. The van der Waals surface area contributed by atoms with E-state index < -0.39 is 0 Å². The van der Waals surface area contributed by atoms with Crippen molar-refractivity contribution in [1.82, 2.24) is 15.1 Å². The lowest BCUT2D eigenvalue weighted by Crippen LogP contribution is -2.43. The van der Waals surface area contributed by atoms with Gasteiger partial charge in [-0.2, -0.15) is 0 Å². The summed E-state index contributed by atoms with van der Waals surface area (Å²) in [5.41, 5.74) is 1.16. The van der Waals surface area contributed by atoms with Gasteiger partial charge in [-0.05, 0) is 44.9 Å². The number of carbonyl (C=O) groups excluding carboxylic acids is 2. The molecule has 138 valence electrons. The second kappa shape index (κ2) is 9.42. The second-order valence-electron chi connectivity index (χ2n) is 6.73. The maximum absolute atomic E-state index is 12.1. The van der Waals surface area contributed by atoms with Crippen molar-refractivity contribution in [2.75, 3.05) is 40.3 Å². The fourth-order valence-electron chi connectivity index (χ4n) is 3.02. The zero-order valence-electron chi connectivity index (χ0n) is 15.5. The minimum Gasteiger partial charge on any atom is -0.484 e. The summed E-state index contributed by atoms with van der Waals surface area (Å²) in [6.07, 6.45) is 2.81. The van der Waals surface area contributed by atoms with E-state index in [-0.39, 0.29) is 24.5 Å². The Morgan fingerprint density at radius 2 is 2.00 bits per heavy atom. The lowest BCUT2D eigenvalue weighted by Gasteiger charge is -2.26. The molecule has 1 aromatic carbocycles. The Hall–Kier alpha value is -2.08. The van der Waals surface area contributed by atoms with Crippen LogP contribution in [0.4, 0.5) is 0 Å². The number of rotatable bonds is 8. The first-order valence-corrected chi connectivity index (χ1v) is 8.89. The van der Waals surface area contributed by atoms with Crippen LogP contribution in [0.1, 0.15) is 24.8 Å². The summed E-state index contributed by atoms with van der Waals surface area (Å²) in [4.78, 5) is 27.8. The number of carbonyl (C=O) groups is 2. The highest BCUT2D eigenvalue weighted by molar-refractivity contribution is 5.81. The van der Waals surface area contributed by atoms with Gasteiger partial charge in [0, 0.05) is 27.2 Å². The van der Waals surface area contributed by atoms with Gasteiger partial charge in [-0.1, -0.05) is 17.7 Å². The van der Waals surface area contributed by atoms with Crippen molar-refractivity contribution in [1.29, 1.82) is 0 Å². The number of hydrogen-bond donors (Lipinski definition) is 1. The molecule has 1 aliphatic rings. The number of aryl methyl sites for hydroxylation is 1. The van der Waals surface area contributed by atoms with Crippen molar-refractivity contribution in [3.8, 4) is 5.75 Å². The summed E-state index contributed by atoms with van der Waals surface area (Å²) in [5, 5.41) is 2.87. The van der Waals surface area contributed by atoms with Crippen LogP contribution in [-0.4, -0.2) is 68.0 Å². The highest BCUT2D eigenvalue weighted by atomic mass is 16.5. The van der Waals surface area contributed by atoms with Crippen LogP contribution in [0, 0.1) is 6.92 Å². The van der Waals surface area contributed by atoms with Gasteiger partial charge in [-0.15, -0.1) is 0 Å². The molecular formula is C19H29N3O3. The number of benzene rings is 1. The van der Waals surface area contributed by atoms with Crippen LogP contribution in [0.5, 0.6) is 5.75 Å². The molecule has 1 N–H and O–H groups in total. The van der Waals surface area contributed by atoms with Gasteiger partial charge in [0.2, 0.25) is 5.91 Å². The zero-order valence-corrected chi connectivity index (χ0v) is 15.5. The van der Waals surface area contributed by atoms with E-state index in [9.17, 15) is 9.59 Å². The Kier molecular flexibility index (Phi) is 7.25. The topological polar surface area (TPSA) is 61.9 Å². The Morgan fingerprint density at radius 3 is 2.68 bits per heavy atom. The molecule has 0 unspecified atom stereocenters. The number of likely N-dealkylation sites (tertiary alicyclic amines) is 1. The summed E-state index contributed by atoms with van der Waals surface area (Å²) in [5.74, 6) is 0.749. The molecule has 1 saturated heterocycles. The van der Waals surface area contributed by atoms with Crippen molar-refractivity contribution in [3.05, 3.63) is 29.8 Å². The minimum absolute atomic E-state index is 0.00410. The smallest absolute Gasteiger partial charge is 0.257 e. The summed E-state index contributed by atoms with van der Waals surface area (Å²) < 4.78 is 5.46. The fourth-order valence-corrected chi connectivity index (χ4v) is 3.02. The van der Waals surface area contributed by atoms with Crippen LogP contribution in [0.3, 0.4) is 0 Å². The molecule has 2 amide bonds. The highest BCUT2D eigenvalue weighted by Crippen LogP contribution is 2.18. The van der Waals surface area contributed by atoms with Crippen molar-refractivity contribution in [2.45, 2.75) is 32.2 Å². The summed E-state index contributed by atoms with van der Waals surface area (Å²) in [6, 6.07) is 7.62. The number of nitrogens with zero attached hydrogens (tertiary/aromatic N) is 2. The van der Waals surface area contributed by atoms with Crippen molar-refractivity contribution < 1.29 is 14.3 Å². The van der Waals surface area contributed by atoms with E-state index in [4.69, 9.17) is 4.74 Å². The Bertz CT molecular complexity index is 572. The van der Waals surface area contributed by atoms with Crippen LogP contribution in [0.25, 0.3) is 0 Å². The van der Waals surface area contributed by atoms with E-state index >= 15 is 0 Å². The second-order valence-corrected chi connectivity index (χ2v) is 6.73. The van der Waals surface area contributed by atoms with Crippen LogP contribution in [0.2, 0.25) is 0 Å². The predicted octanol–water partition coefficient (Wildman–Crippen LogP) is 1.43. The first kappa shape index (κ1) is 19.2. The Labute approximate surface area is 150 Å². The number of ether oxygens (including phenoxy) is 1. The van der Waals surface area contributed by atoms with Crippen LogP contribution >= 0.6 is 0 Å². The van der Waals surface area contributed by atoms with Crippen LogP contribution in [-0.2, 0) is 9.59 Å². The van der Waals surface area contributed by atoms with Gasteiger partial charge in [0.15, 0.2) is 6.61 Å². The third-order valence-electron chi connectivity index (χ3n) is 4.42. The van der Waals surface area contributed by atoms with Crippen molar-refractivity contribution in [2.24, 2.45) is 0 Å². The van der Waals surface area contributed by atoms with Crippen LogP contribution < -0.4 is 10.1 Å². The van der Waals surface area contributed by atoms with Crippen molar-refractivity contribution >= 4 is 11.8 Å². The molecule has 1 aromatic rings. The molecule has 0 saturated carbocycles. The summed E-state index contributed by atoms with van der Waals surface area (Å²) in [6.45, 7) is 4.40. The van der Waals surface area contributed by atoms with Gasteiger partial charge in [0.05, 0.1) is 6.04 Å². The molecule has 0 spiro atoms. The van der Waals surface area contributed by atoms with E-state index in [0.717, 1.165) is 37.9 Å². The van der Waals surface area contributed by atoms with Gasteiger partial charge < -0.3 is 15.0 Å². The molecule has 1 fully saturated rings. The molecule has 1 atom stereocenters. The van der Waals surface area contributed by atoms with E-state index in [1.165, 1.54) is 0 Å². The molecule has 2 rings (SSSR count). The standard InChI is InChI=1S/C19H29N3O3/c1-15-7-9-16(10-8-15)25-14-18(23)20-11-5-13-22-12-4-6-17(22)19(24)21(2)3/h7-10,17H,4-6,11-14H2,1-3H3,(H,20,23)/t17-/m0/s1. The molecule has 0 radical (unpaired) electrons. The average Bonchev–Trinajstić information content (AvgIpc) is 3.05. The number of nitrogens with one attached hydrogen (secondary N) is 1. The number of hydrogen-bond acceptors (Lipinski definition) is 4. The van der Waals surface area contributed by atoms with E-state index in [1.54, 1.807) is 19.0 Å². The lowest BCUT2D eigenvalue weighted by atomic mass is 10.2. The maximum Gasteiger partial charge on any atom is 0.257 e. The molecule has 6 nitrogen and oxygen atoms in total. The summed E-state index contributed by atoms with van der Waals surface area (Å²) >= 11 is 0. The Balaban J connectivity index is 1.62. The first-order chi connectivity index (χ1) is 12.0. The van der Waals surface area contributed by atoms with Gasteiger partial charge in [-0.25, -0.2) is 0 Å². The lowest BCUT2D eigenvalue weighted by molar-refractivity contribution is -0.133. The maximum atomic E-state index is 12.1. The molecular weight excluding hydrogens is 318 g/mol. The SMILES string of the molecule is Cc1ccc(OCC(=O)NCCCN2CCC[C@H]2C(=O)N(C)C)cc1. The van der Waals surface area contributed by atoms with E-state index in [1.807, 2.05) is 31.2 Å². The molecule has 0 bridgehead atoms. The van der Waals surface area contributed by atoms with Crippen molar-refractivity contribution in [3.63, 3.8) is 0 Å². The van der Waals surface area contributed by atoms with Gasteiger partial charge in [0.1, 0.15) is 5.75 Å². The van der Waals surface area contributed by atoms with Crippen LogP contribution in [0.15, 0.2) is 24.3 Å². The quantitative estimate of drug-likeness (QED) is 0.723. The normalized spacial score (nSPS) is 17.3. The minimum atomic E-state index is -0.122. The number of amides is 2. The highest BCUT2D eigenvalue weighted by Gasteiger charge is 2.30. The van der Waals surface area contributed by atoms with E-state index in [2.05, 4.69) is 10.2 Å². The van der Waals surface area contributed by atoms with E-state index in [0.29, 0.717) is 12.3 Å². The predicted molar refractivity (Wildman–Crippen MR) is 97.6 cm³/mol. The Morgan fingerprint density at radius 1 is 1.28 bits per heavy atom. The molecule has 1 heterocycles. The average molecular weight is 347 g/mol. The van der Waals surface area contributed by atoms with Gasteiger partial charge in [-0.3, -0.25) is 14.5 Å². The third-order valence-corrected chi connectivity index (χ3v) is 4.42. The molecule has 0 aliphatic carbocycles. The summed E-state index contributed by atoms with van der Waals surface area (Å²) in [7, 11) is 3.60. The first-order valence-electron chi connectivity index (χ1n) is 8.89. The van der Waals surface area contributed by atoms with Gasteiger partial charge in [0.25, 0.3) is 5.91 Å². The molecule has 25 heavy (non-hydrogen) atoms. The zero-order chi connectivity index (χ0) is 18.2.